The summed E-state index contributed by atoms with van der Waals surface area (Å²) in [5.74, 6) is 0.821. The van der Waals surface area contributed by atoms with Crippen molar-refractivity contribution in [1.29, 1.82) is 0 Å². The van der Waals surface area contributed by atoms with Crippen LogP contribution in [-0.4, -0.2) is 38.6 Å². The van der Waals surface area contributed by atoms with Gasteiger partial charge in [0.05, 0.1) is 19.0 Å². The Hall–Kier alpha value is -2.94. The van der Waals surface area contributed by atoms with E-state index in [2.05, 4.69) is 26.1 Å². The van der Waals surface area contributed by atoms with E-state index >= 15 is 0 Å². The number of rotatable bonds is 7. The second-order valence-corrected chi connectivity index (χ2v) is 6.64. The molecule has 0 bridgehead atoms. The molecule has 9 heteroatoms. The average molecular weight is 370 g/mol. The van der Waals surface area contributed by atoms with Crippen molar-refractivity contribution in [2.24, 2.45) is 0 Å². The summed E-state index contributed by atoms with van der Waals surface area (Å²) in [4.78, 5) is 12.3. The molecule has 3 aromatic heterocycles. The fraction of sp³-hybridized carbons (Fsp3) is 0.444. The Morgan fingerprint density at radius 2 is 2.33 bits per heavy atom. The third kappa shape index (κ3) is 4.43. The van der Waals surface area contributed by atoms with Gasteiger partial charge in [-0.1, -0.05) is 16.8 Å². The quantitative estimate of drug-likeness (QED) is 0.654. The maximum absolute atomic E-state index is 12.3. The minimum absolute atomic E-state index is 0.238. The van der Waals surface area contributed by atoms with Gasteiger partial charge in [0.25, 0.3) is 5.91 Å². The predicted molar refractivity (Wildman–Crippen MR) is 95.7 cm³/mol. The molecule has 1 amide bonds. The van der Waals surface area contributed by atoms with Gasteiger partial charge in [-0.25, -0.2) is 0 Å². The van der Waals surface area contributed by atoms with Crippen LogP contribution in [0.2, 0.25) is 0 Å². The Balaban J connectivity index is 1.26. The van der Waals surface area contributed by atoms with Crippen LogP contribution in [0.1, 0.15) is 41.9 Å². The van der Waals surface area contributed by atoms with Gasteiger partial charge < -0.3 is 19.6 Å². The fourth-order valence-electron chi connectivity index (χ4n) is 3.16. The van der Waals surface area contributed by atoms with Crippen LogP contribution in [0.5, 0.6) is 0 Å². The normalized spacial score (nSPS) is 17.1. The molecule has 9 nitrogen and oxygen atoms in total. The molecule has 27 heavy (non-hydrogen) atoms. The highest BCUT2D eigenvalue weighted by atomic mass is 16.5. The molecule has 0 aliphatic carbocycles. The molecule has 0 spiro atoms. The highest BCUT2D eigenvalue weighted by molar-refractivity contribution is 5.91. The van der Waals surface area contributed by atoms with Crippen LogP contribution in [0.4, 0.5) is 0 Å². The van der Waals surface area contributed by atoms with E-state index in [1.807, 2.05) is 0 Å². The summed E-state index contributed by atoms with van der Waals surface area (Å²) in [6, 6.07) is 5.81. The van der Waals surface area contributed by atoms with Crippen LogP contribution in [0.3, 0.4) is 0 Å². The zero-order chi connectivity index (χ0) is 18.5. The zero-order valence-electron chi connectivity index (χ0n) is 14.9. The summed E-state index contributed by atoms with van der Waals surface area (Å²) >= 11 is 0. The van der Waals surface area contributed by atoms with Gasteiger partial charge >= 0.3 is 0 Å². The molecule has 1 aliphatic heterocycles. The second kappa shape index (κ2) is 8.17. The van der Waals surface area contributed by atoms with Gasteiger partial charge in [0, 0.05) is 18.7 Å². The first-order valence-electron chi connectivity index (χ1n) is 9.19. The molecule has 1 aliphatic rings. The van der Waals surface area contributed by atoms with E-state index in [1.165, 1.54) is 19.3 Å². The maximum atomic E-state index is 12.3. The molecule has 0 saturated carbocycles. The van der Waals surface area contributed by atoms with Gasteiger partial charge in [0.1, 0.15) is 5.69 Å². The Labute approximate surface area is 156 Å². The van der Waals surface area contributed by atoms with Crippen molar-refractivity contribution in [2.45, 2.75) is 44.8 Å². The molecule has 1 fully saturated rings. The number of nitrogens with zero attached hydrogens (tertiary/aromatic N) is 4. The minimum atomic E-state index is -0.292. The molecule has 4 heterocycles. The first kappa shape index (κ1) is 17.5. The minimum Gasteiger partial charge on any atom is -0.461 e. The molecule has 0 radical (unpaired) electrons. The summed E-state index contributed by atoms with van der Waals surface area (Å²) in [5, 5.41) is 18.2. The molecule has 1 saturated heterocycles. The third-order valence-electron chi connectivity index (χ3n) is 4.64. The number of furan rings is 1. The lowest BCUT2D eigenvalue weighted by atomic mass is 10.0. The van der Waals surface area contributed by atoms with Gasteiger partial charge in [-0.15, -0.1) is 5.10 Å². The van der Waals surface area contributed by atoms with E-state index in [0.717, 1.165) is 19.5 Å². The van der Waals surface area contributed by atoms with Crippen molar-refractivity contribution < 1.29 is 13.7 Å². The summed E-state index contributed by atoms with van der Waals surface area (Å²) in [5.41, 5.74) is 0.895. The van der Waals surface area contributed by atoms with E-state index in [0.29, 0.717) is 29.0 Å². The Bertz CT molecular complexity index is 863. The van der Waals surface area contributed by atoms with Gasteiger partial charge in [-0.05, 0) is 37.9 Å². The Kier molecular flexibility index (Phi) is 5.29. The third-order valence-corrected chi connectivity index (χ3v) is 4.64. The standard InChI is InChI=1S/C18H22N6O3/c25-18(20-11-14-10-17(27-22-14)16-5-3-9-26-16)15-12-24(23-21-15)8-6-13-4-1-2-7-19-13/h3,5,9-10,12-13,19H,1-2,4,6-8,11H2,(H,20,25)/t13-/m0/s1. The van der Waals surface area contributed by atoms with E-state index in [4.69, 9.17) is 8.94 Å². The topological polar surface area (TPSA) is 111 Å². The lowest BCUT2D eigenvalue weighted by molar-refractivity contribution is 0.0945. The Morgan fingerprint density at radius 1 is 1.37 bits per heavy atom. The van der Waals surface area contributed by atoms with Crippen LogP contribution < -0.4 is 10.6 Å². The van der Waals surface area contributed by atoms with Gasteiger partial charge in [0.2, 0.25) is 5.76 Å². The summed E-state index contributed by atoms with van der Waals surface area (Å²) in [7, 11) is 0. The molecule has 0 aromatic carbocycles. The number of aryl methyl sites for hydroxylation is 1. The summed E-state index contributed by atoms with van der Waals surface area (Å²) in [6.07, 6.45) is 7.94. The van der Waals surface area contributed by atoms with E-state index in [1.54, 1.807) is 35.3 Å². The lowest BCUT2D eigenvalue weighted by Gasteiger charge is -2.23. The first-order chi connectivity index (χ1) is 13.3. The number of carbonyl (C=O) groups is 1. The number of piperidine rings is 1. The van der Waals surface area contributed by atoms with Crippen molar-refractivity contribution in [3.8, 4) is 11.5 Å². The number of amides is 1. The zero-order valence-corrected chi connectivity index (χ0v) is 14.9. The first-order valence-corrected chi connectivity index (χ1v) is 9.19. The molecular weight excluding hydrogens is 348 g/mol. The SMILES string of the molecule is O=C(NCc1cc(-c2ccco2)on1)c1cn(CC[C@@H]2CCCCN2)nn1. The van der Waals surface area contributed by atoms with Crippen LogP contribution in [-0.2, 0) is 13.1 Å². The van der Waals surface area contributed by atoms with E-state index in [-0.39, 0.29) is 12.5 Å². The maximum Gasteiger partial charge on any atom is 0.273 e. The largest absolute Gasteiger partial charge is 0.461 e. The predicted octanol–water partition coefficient (Wildman–Crippen LogP) is 1.99. The van der Waals surface area contributed by atoms with E-state index in [9.17, 15) is 4.79 Å². The summed E-state index contributed by atoms with van der Waals surface area (Å²) in [6.45, 7) is 2.06. The van der Waals surface area contributed by atoms with Crippen molar-refractivity contribution in [2.75, 3.05) is 6.54 Å². The highest BCUT2D eigenvalue weighted by Gasteiger charge is 2.15. The van der Waals surface area contributed by atoms with Crippen molar-refractivity contribution >= 4 is 5.91 Å². The molecule has 1 atom stereocenters. The number of aromatic nitrogens is 4. The fourth-order valence-corrected chi connectivity index (χ4v) is 3.16. The molecule has 142 valence electrons. The van der Waals surface area contributed by atoms with Gasteiger partial charge in [-0.2, -0.15) is 0 Å². The number of nitrogens with one attached hydrogen (secondary N) is 2. The average Bonchev–Trinajstić information content (AvgIpc) is 3.46. The van der Waals surface area contributed by atoms with Crippen molar-refractivity contribution in [3.63, 3.8) is 0 Å². The Morgan fingerprint density at radius 3 is 3.15 bits per heavy atom. The molecule has 2 N–H and O–H groups in total. The van der Waals surface area contributed by atoms with E-state index < -0.39 is 0 Å². The van der Waals surface area contributed by atoms with Crippen molar-refractivity contribution in [1.82, 2.24) is 30.8 Å². The van der Waals surface area contributed by atoms with Gasteiger partial charge in [-0.3, -0.25) is 9.48 Å². The monoisotopic (exact) mass is 370 g/mol. The second-order valence-electron chi connectivity index (χ2n) is 6.64. The van der Waals surface area contributed by atoms with Crippen LogP contribution in [0.25, 0.3) is 11.5 Å². The number of hydrogen-bond acceptors (Lipinski definition) is 7. The number of hydrogen-bond donors (Lipinski definition) is 2. The van der Waals surface area contributed by atoms with Crippen LogP contribution in [0.15, 0.2) is 39.6 Å². The highest BCUT2D eigenvalue weighted by Crippen LogP contribution is 2.20. The van der Waals surface area contributed by atoms with Gasteiger partial charge in [0.15, 0.2) is 11.5 Å². The van der Waals surface area contributed by atoms with Crippen LogP contribution >= 0.6 is 0 Å². The molecule has 4 rings (SSSR count). The summed E-state index contributed by atoms with van der Waals surface area (Å²) < 4.78 is 12.2. The number of carbonyl (C=O) groups excluding carboxylic acids is 1. The van der Waals surface area contributed by atoms with Crippen molar-refractivity contribution in [3.05, 3.63) is 42.0 Å². The molecule has 3 aromatic rings. The van der Waals surface area contributed by atoms with Crippen LogP contribution in [0, 0.1) is 0 Å². The molecule has 0 unspecified atom stereocenters. The lowest BCUT2D eigenvalue weighted by Crippen LogP contribution is -2.34. The smallest absolute Gasteiger partial charge is 0.273 e. The molecular formula is C18H22N6O3.